The van der Waals surface area contributed by atoms with Gasteiger partial charge in [0.25, 0.3) is 0 Å². The van der Waals surface area contributed by atoms with Crippen LogP contribution in [0.4, 0.5) is 0 Å². The van der Waals surface area contributed by atoms with Crippen LogP contribution in [0.3, 0.4) is 0 Å². The average molecular weight is 266 g/mol. The van der Waals surface area contributed by atoms with E-state index >= 15 is 0 Å². The van der Waals surface area contributed by atoms with E-state index in [1.54, 1.807) is 0 Å². The summed E-state index contributed by atoms with van der Waals surface area (Å²) in [6, 6.07) is 2.55. The third-order valence-corrected chi connectivity index (χ3v) is 3.68. The summed E-state index contributed by atoms with van der Waals surface area (Å²) in [5.74, 6) is 0. The molecule has 5 nitrogen and oxygen atoms in total. The minimum atomic E-state index is 0.263. The standard InChI is InChI=1S/C14H26N4O/c1-13(2)18-7-4-14(15-18)12-17-6-3-5-16(8-9-17)10-11-19/h4,7,13,19H,3,5-6,8-12H2,1-2H3. The van der Waals surface area contributed by atoms with Crippen LogP contribution >= 0.6 is 0 Å². The van der Waals surface area contributed by atoms with E-state index in [0.29, 0.717) is 6.04 Å². The minimum absolute atomic E-state index is 0.263. The van der Waals surface area contributed by atoms with E-state index in [0.717, 1.165) is 45.0 Å². The quantitative estimate of drug-likeness (QED) is 0.862. The molecule has 0 amide bonds. The van der Waals surface area contributed by atoms with Crippen molar-refractivity contribution in [1.82, 2.24) is 19.6 Å². The Morgan fingerprint density at radius 1 is 1.21 bits per heavy atom. The highest BCUT2D eigenvalue weighted by Crippen LogP contribution is 2.09. The molecule has 2 heterocycles. The number of aliphatic hydroxyl groups excluding tert-OH is 1. The molecule has 0 saturated carbocycles. The van der Waals surface area contributed by atoms with Crippen LogP contribution in [0.5, 0.6) is 0 Å². The predicted molar refractivity (Wildman–Crippen MR) is 76.0 cm³/mol. The molecule has 0 aromatic carbocycles. The fourth-order valence-corrected chi connectivity index (χ4v) is 2.53. The molecule has 2 rings (SSSR count). The largest absolute Gasteiger partial charge is 0.395 e. The van der Waals surface area contributed by atoms with E-state index in [-0.39, 0.29) is 6.61 Å². The molecule has 0 atom stereocenters. The first kappa shape index (κ1) is 14.5. The summed E-state index contributed by atoms with van der Waals surface area (Å²) >= 11 is 0. The van der Waals surface area contributed by atoms with Crippen LogP contribution in [-0.4, -0.2) is 64.0 Å². The molecule has 0 spiro atoms. The topological polar surface area (TPSA) is 44.5 Å². The van der Waals surface area contributed by atoms with E-state index in [2.05, 4.69) is 41.0 Å². The number of hydrogen-bond acceptors (Lipinski definition) is 4. The molecule has 0 radical (unpaired) electrons. The van der Waals surface area contributed by atoms with Gasteiger partial charge in [0.05, 0.1) is 12.3 Å². The van der Waals surface area contributed by atoms with Crippen LogP contribution in [-0.2, 0) is 6.54 Å². The molecule has 19 heavy (non-hydrogen) atoms. The van der Waals surface area contributed by atoms with Gasteiger partial charge in [0, 0.05) is 38.4 Å². The molecule has 1 aliphatic rings. The fraction of sp³-hybridized carbons (Fsp3) is 0.786. The van der Waals surface area contributed by atoms with E-state index in [9.17, 15) is 0 Å². The zero-order valence-corrected chi connectivity index (χ0v) is 12.1. The first-order valence-electron chi connectivity index (χ1n) is 7.28. The Kier molecular flexibility index (Phi) is 5.36. The van der Waals surface area contributed by atoms with Crippen LogP contribution < -0.4 is 0 Å². The lowest BCUT2D eigenvalue weighted by Crippen LogP contribution is -2.32. The number of aromatic nitrogens is 2. The lowest BCUT2D eigenvalue weighted by atomic mass is 10.3. The maximum Gasteiger partial charge on any atom is 0.0764 e. The normalized spacial score (nSPS) is 18.9. The Bertz CT molecular complexity index is 377. The second kappa shape index (κ2) is 7.03. The Labute approximate surface area is 115 Å². The lowest BCUT2D eigenvalue weighted by molar-refractivity contribution is 0.195. The lowest BCUT2D eigenvalue weighted by Gasteiger charge is -2.20. The van der Waals surface area contributed by atoms with Crippen LogP contribution in [0.15, 0.2) is 12.3 Å². The van der Waals surface area contributed by atoms with E-state index in [4.69, 9.17) is 5.11 Å². The molecular formula is C14H26N4O. The second-order valence-electron chi connectivity index (χ2n) is 5.58. The summed E-state index contributed by atoms with van der Waals surface area (Å²) in [4.78, 5) is 4.80. The molecular weight excluding hydrogens is 240 g/mol. The highest BCUT2D eigenvalue weighted by molar-refractivity contribution is 4.99. The van der Waals surface area contributed by atoms with Gasteiger partial charge >= 0.3 is 0 Å². The third-order valence-electron chi connectivity index (χ3n) is 3.68. The Balaban J connectivity index is 1.85. The van der Waals surface area contributed by atoms with Crippen molar-refractivity contribution in [3.8, 4) is 0 Å². The van der Waals surface area contributed by atoms with Crippen LogP contribution in [0.1, 0.15) is 32.0 Å². The van der Waals surface area contributed by atoms with Gasteiger partial charge < -0.3 is 5.11 Å². The summed E-state index contributed by atoms with van der Waals surface area (Å²) in [6.45, 7) is 10.6. The van der Waals surface area contributed by atoms with Crippen molar-refractivity contribution in [2.45, 2.75) is 32.9 Å². The molecule has 0 bridgehead atoms. The Hall–Kier alpha value is -0.910. The Morgan fingerprint density at radius 3 is 2.63 bits per heavy atom. The van der Waals surface area contributed by atoms with E-state index < -0.39 is 0 Å². The maximum absolute atomic E-state index is 9.00. The van der Waals surface area contributed by atoms with Crippen LogP contribution in [0, 0.1) is 0 Å². The van der Waals surface area contributed by atoms with Gasteiger partial charge in [0.2, 0.25) is 0 Å². The molecule has 5 heteroatoms. The van der Waals surface area contributed by atoms with E-state index in [1.807, 2.05) is 4.68 Å². The van der Waals surface area contributed by atoms with Crippen molar-refractivity contribution in [3.63, 3.8) is 0 Å². The van der Waals surface area contributed by atoms with Crippen molar-refractivity contribution in [2.75, 3.05) is 39.3 Å². The summed E-state index contributed by atoms with van der Waals surface area (Å²) in [7, 11) is 0. The summed E-state index contributed by atoms with van der Waals surface area (Å²) < 4.78 is 2.02. The third kappa shape index (κ3) is 4.30. The zero-order valence-electron chi connectivity index (χ0n) is 12.1. The smallest absolute Gasteiger partial charge is 0.0764 e. The SMILES string of the molecule is CC(C)n1ccc(CN2CCCN(CCO)CC2)n1. The highest BCUT2D eigenvalue weighted by Gasteiger charge is 2.15. The number of rotatable bonds is 5. The minimum Gasteiger partial charge on any atom is -0.395 e. The van der Waals surface area contributed by atoms with Gasteiger partial charge in [0.1, 0.15) is 0 Å². The van der Waals surface area contributed by atoms with Gasteiger partial charge in [-0.2, -0.15) is 5.10 Å². The van der Waals surface area contributed by atoms with Gasteiger partial charge in [0.15, 0.2) is 0 Å². The summed E-state index contributed by atoms with van der Waals surface area (Å²) in [5, 5.41) is 13.6. The first-order chi connectivity index (χ1) is 9.19. The van der Waals surface area contributed by atoms with Gasteiger partial charge in [-0.3, -0.25) is 14.5 Å². The number of nitrogens with zero attached hydrogens (tertiary/aromatic N) is 4. The number of hydrogen-bond donors (Lipinski definition) is 1. The van der Waals surface area contributed by atoms with Crippen molar-refractivity contribution >= 4 is 0 Å². The first-order valence-corrected chi connectivity index (χ1v) is 7.28. The fourth-order valence-electron chi connectivity index (χ4n) is 2.53. The molecule has 1 N–H and O–H groups in total. The summed E-state index contributed by atoms with van der Waals surface area (Å²) in [6.07, 6.45) is 3.24. The molecule has 0 unspecified atom stereocenters. The van der Waals surface area contributed by atoms with Crippen molar-refractivity contribution in [2.24, 2.45) is 0 Å². The van der Waals surface area contributed by atoms with Crippen LogP contribution in [0.25, 0.3) is 0 Å². The molecule has 1 aromatic rings. The molecule has 1 aromatic heterocycles. The number of β-amino-alcohol motifs (C(OH)–C–C–N with tert-alkyl or cyclic N) is 1. The monoisotopic (exact) mass is 266 g/mol. The van der Waals surface area contributed by atoms with Gasteiger partial charge in [-0.1, -0.05) is 0 Å². The van der Waals surface area contributed by atoms with Crippen molar-refractivity contribution in [1.29, 1.82) is 0 Å². The van der Waals surface area contributed by atoms with Gasteiger partial charge in [-0.15, -0.1) is 0 Å². The maximum atomic E-state index is 9.00. The number of aliphatic hydroxyl groups is 1. The predicted octanol–water partition coefficient (Wildman–Crippen LogP) is 0.964. The van der Waals surface area contributed by atoms with Gasteiger partial charge in [-0.05, 0) is 39.4 Å². The average Bonchev–Trinajstić information content (AvgIpc) is 2.73. The summed E-state index contributed by atoms with van der Waals surface area (Å²) in [5.41, 5.74) is 1.16. The van der Waals surface area contributed by atoms with Crippen molar-refractivity contribution < 1.29 is 5.11 Å². The molecule has 1 aliphatic heterocycles. The van der Waals surface area contributed by atoms with Gasteiger partial charge in [-0.25, -0.2) is 0 Å². The van der Waals surface area contributed by atoms with Crippen molar-refractivity contribution in [3.05, 3.63) is 18.0 Å². The van der Waals surface area contributed by atoms with Crippen LogP contribution in [0.2, 0.25) is 0 Å². The molecule has 0 aliphatic carbocycles. The second-order valence-corrected chi connectivity index (χ2v) is 5.58. The van der Waals surface area contributed by atoms with E-state index in [1.165, 1.54) is 6.42 Å². The molecule has 1 fully saturated rings. The highest BCUT2D eigenvalue weighted by atomic mass is 16.3. The molecule has 1 saturated heterocycles. The Morgan fingerprint density at radius 2 is 1.95 bits per heavy atom. The molecule has 108 valence electrons. The zero-order chi connectivity index (χ0) is 13.7.